The summed E-state index contributed by atoms with van der Waals surface area (Å²) < 4.78 is 0. The molecule has 0 fully saturated rings. The van der Waals surface area contributed by atoms with Gasteiger partial charge in [-0.1, -0.05) is 30.7 Å². The van der Waals surface area contributed by atoms with Crippen molar-refractivity contribution < 1.29 is 9.59 Å². The fraction of sp³-hybridized carbons (Fsp3) is 0.333. The first-order valence-electron chi connectivity index (χ1n) is 5.10. The molecular weight excluding hydrogens is 226 g/mol. The zero-order valence-electron chi connectivity index (χ0n) is 9.34. The number of benzene rings is 1. The topological polar surface area (TPSA) is 46.2 Å². The molecule has 0 unspecified atom stereocenters. The average molecular weight is 240 g/mol. The molecule has 4 heteroatoms. The summed E-state index contributed by atoms with van der Waals surface area (Å²) in [4.78, 5) is 22.2. The second-order valence-electron chi connectivity index (χ2n) is 3.49. The molecule has 0 atom stereocenters. The van der Waals surface area contributed by atoms with Crippen LogP contribution >= 0.6 is 11.6 Å². The van der Waals surface area contributed by atoms with Gasteiger partial charge in [0.2, 0.25) is 5.91 Å². The third kappa shape index (κ3) is 3.35. The van der Waals surface area contributed by atoms with Crippen LogP contribution in [0.1, 0.15) is 36.2 Å². The molecule has 0 aliphatic carbocycles. The third-order valence-corrected chi connectivity index (χ3v) is 2.61. The first-order valence-corrected chi connectivity index (χ1v) is 5.48. The first-order chi connectivity index (χ1) is 7.54. The van der Waals surface area contributed by atoms with Gasteiger partial charge in [-0.3, -0.25) is 9.59 Å². The van der Waals surface area contributed by atoms with E-state index >= 15 is 0 Å². The molecule has 0 heterocycles. The van der Waals surface area contributed by atoms with Crippen molar-refractivity contribution in [3.8, 4) is 0 Å². The molecule has 1 rings (SSSR count). The lowest BCUT2D eigenvalue weighted by molar-refractivity contribution is -0.120. The van der Waals surface area contributed by atoms with E-state index < -0.39 is 0 Å². The van der Waals surface area contributed by atoms with Crippen LogP contribution < -0.4 is 5.32 Å². The number of carbonyl (C=O) groups is 2. The number of Topliss-reactive ketones (excluding diaryl/α,β-unsaturated/α-hetero) is 1. The van der Waals surface area contributed by atoms with Crippen LogP contribution in [-0.4, -0.2) is 11.7 Å². The van der Waals surface area contributed by atoms with Crippen LogP contribution in [-0.2, 0) is 11.3 Å². The van der Waals surface area contributed by atoms with Crippen LogP contribution in [0.15, 0.2) is 18.2 Å². The minimum Gasteiger partial charge on any atom is -0.352 e. The van der Waals surface area contributed by atoms with Crippen molar-refractivity contribution in [3.63, 3.8) is 0 Å². The van der Waals surface area contributed by atoms with Gasteiger partial charge in [0, 0.05) is 23.6 Å². The maximum Gasteiger partial charge on any atom is 0.219 e. The molecule has 1 aromatic rings. The molecule has 0 aliphatic rings. The first kappa shape index (κ1) is 12.7. The predicted molar refractivity (Wildman–Crippen MR) is 63.6 cm³/mol. The van der Waals surface area contributed by atoms with E-state index in [1.54, 1.807) is 25.1 Å². The molecule has 0 aromatic heterocycles. The summed E-state index contributed by atoms with van der Waals surface area (Å²) in [6.07, 6.45) is 0.448. The normalized spacial score (nSPS) is 9.94. The Balaban J connectivity index is 2.75. The molecule has 0 aliphatic heterocycles. The predicted octanol–water partition coefficient (Wildman–Crippen LogP) is 2.57. The number of carbonyl (C=O) groups excluding carboxylic acids is 2. The molecule has 0 saturated carbocycles. The van der Waals surface area contributed by atoms with Crippen molar-refractivity contribution in [3.05, 3.63) is 34.3 Å². The van der Waals surface area contributed by atoms with Gasteiger partial charge in [-0.05, 0) is 18.6 Å². The van der Waals surface area contributed by atoms with E-state index in [4.69, 9.17) is 11.6 Å². The molecule has 16 heavy (non-hydrogen) atoms. The molecule has 1 aromatic carbocycles. The van der Waals surface area contributed by atoms with E-state index in [0.29, 0.717) is 23.6 Å². The summed E-state index contributed by atoms with van der Waals surface area (Å²) >= 11 is 6.00. The molecular formula is C12H14ClNO2. The summed E-state index contributed by atoms with van der Waals surface area (Å²) in [7, 11) is 0. The fourth-order valence-electron chi connectivity index (χ4n) is 1.23. The number of nitrogens with one attached hydrogen (secondary N) is 1. The largest absolute Gasteiger partial charge is 0.352 e. The van der Waals surface area contributed by atoms with Gasteiger partial charge in [-0.2, -0.15) is 0 Å². The average Bonchev–Trinajstić information content (AvgIpc) is 2.26. The lowest BCUT2D eigenvalue weighted by Gasteiger charge is -2.07. The molecule has 1 N–H and O–H groups in total. The van der Waals surface area contributed by atoms with Gasteiger partial charge in [0.05, 0.1) is 0 Å². The number of ketones is 1. The van der Waals surface area contributed by atoms with E-state index in [1.807, 2.05) is 0 Å². The van der Waals surface area contributed by atoms with Crippen LogP contribution in [0.5, 0.6) is 0 Å². The highest BCUT2D eigenvalue weighted by molar-refractivity contribution is 6.31. The van der Waals surface area contributed by atoms with Crippen LogP contribution in [0.4, 0.5) is 0 Å². The van der Waals surface area contributed by atoms with Crippen LogP contribution in [0.3, 0.4) is 0 Å². The van der Waals surface area contributed by atoms with Crippen molar-refractivity contribution in [2.45, 2.75) is 26.8 Å². The molecule has 0 spiro atoms. The van der Waals surface area contributed by atoms with E-state index in [0.717, 1.165) is 5.56 Å². The standard InChI is InChI=1S/C12H14ClNO2/c1-3-12(16)14-7-10-5-4-9(8(2)15)6-11(10)13/h4-6H,3,7H2,1-2H3,(H,14,16). The lowest BCUT2D eigenvalue weighted by Crippen LogP contribution is -2.21. The third-order valence-electron chi connectivity index (χ3n) is 2.26. The second kappa shape index (κ2) is 5.66. The lowest BCUT2D eigenvalue weighted by atomic mass is 10.1. The zero-order valence-corrected chi connectivity index (χ0v) is 10.1. The van der Waals surface area contributed by atoms with E-state index in [1.165, 1.54) is 6.92 Å². The summed E-state index contributed by atoms with van der Waals surface area (Å²) in [5.74, 6) is -0.0437. The summed E-state index contributed by atoms with van der Waals surface area (Å²) in [6, 6.07) is 5.09. The fourth-order valence-corrected chi connectivity index (χ4v) is 1.48. The van der Waals surface area contributed by atoms with Crippen LogP contribution in [0.2, 0.25) is 5.02 Å². The Kier molecular flexibility index (Phi) is 4.50. The summed E-state index contributed by atoms with van der Waals surface area (Å²) in [5, 5.41) is 3.23. The molecule has 0 bridgehead atoms. The Morgan fingerprint density at radius 3 is 2.56 bits per heavy atom. The van der Waals surface area contributed by atoms with Crippen LogP contribution in [0, 0.1) is 0 Å². The van der Waals surface area contributed by atoms with Gasteiger partial charge in [0.1, 0.15) is 0 Å². The Morgan fingerprint density at radius 1 is 1.38 bits per heavy atom. The highest BCUT2D eigenvalue weighted by Crippen LogP contribution is 2.18. The smallest absolute Gasteiger partial charge is 0.219 e. The van der Waals surface area contributed by atoms with E-state index in [9.17, 15) is 9.59 Å². The van der Waals surface area contributed by atoms with Gasteiger partial charge >= 0.3 is 0 Å². The zero-order chi connectivity index (χ0) is 12.1. The van der Waals surface area contributed by atoms with Gasteiger partial charge in [0.15, 0.2) is 5.78 Å². The minimum atomic E-state index is -0.0222. The van der Waals surface area contributed by atoms with Gasteiger partial charge in [0.25, 0.3) is 0 Å². The van der Waals surface area contributed by atoms with Crippen molar-refractivity contribution in [2.75, 3.05) is 0 Å². The number of halogens is 1. The number of rotatable bonds is 4. The Bertz CT molecular complexity index is 415. The van der Waals surface area contributed by atoms with Crippen molar-refractivity contribution >= 4 is 23.3 Å². The molecule has 86 valence electrons. The highest BCUT2D eigenvalue weighted by atomic mass is 35.5. The number of amides is 1. The Hall–Kier alpha value is -1.35. The maximum atomic E-state index is 11.1. The number of hydrogen-bond acceptors (Lipinski definition) is 2. The molecule has 1 amide bonds. The second-order valence-corrected chi connectivity index (χ2v) is 3.90. The molecule has 3 nitrogen and oxygen atoms in total. The highest BCUT2D eigenvalue weighted by Gasteiger charge is 2.05. The quantitative estimate of drug-likeness (QED) is 0.821. The van der Waals surface area contributed by atoms with Crippen molar-refractivity contribution in [1.82, 2.24) is 5.32 Å². The van der Waals surface area contributed by atoms with Gasteiger partial charge < -0.3 is 5.32 Å². The number of hydrogen-bond donors (Lipinski definition) is 1. The molecule has 0 saturated heterocycles. The summed E-state index contributed by atoms with van der Waals surface area (Å²) in [6.45, 7) is 3.67. The molecule has 0 radical (unpaired) electrons. The summed E-state index contributed by atoms with van der Waals surface area (Å²) in [5.41, 5.74) is 1.39. The van der Waals surface area contributed by atoms with E-state index in [-0.39, 0.29) is 11.7 Å². The monoisotopic (exact) mass is 239 g/mol. The Labute approximate surface area is 99.8 Å². The van der Waals surface area contributed by atoms with Crippen LogP contribution in [0.25, 0.3) is 0 Å². The van der Waals surface area contributed by atoms with Gasteiger partial charge in [-0.25, -0.2) is 0 Å². The van der Waals surface area contributed by atoms with Gasteiger partial charge in [-0.15, -0.1) is 0 Å². The Morgan fingerprint density at radius 2 is 2.06 bits per heavy atom. The SMILES string of the molecule is CCC(=O)NCc1ccc(C(C)=O)cc1Cl. The van der Waals surface area contributed by atoms with E-state index in [2.05, 4.69) is 5.32 Å². The van der Waals surface area contributed by atoms with Crippen molar-refractivity contribution in [2.24, 2.45) is 0 Å². The maximum absolute atomic E-state index is 11.1. The minimum absolute atomic E-state index is 0.0216. The van der Waals surface area contributed by atoms with Crippen molar-refractivity contribution in [1.29, 1.82) is 0 Å².